The van der Waals surface area contributed by atoms with Gasteiger partial charge in [0.2, 0.25) is 15.9 Å². The van der Waals surface area contributed by atoms with Gasteiger partial charge >= 0.3 is 0 Å². The van der Waals surface area contributed by atoms with Crippen LogP contribution in [0, 0.1) is 0 Å². The molecule has 0 fully saturated rings. The number of rotatable bonds is 8. The quantitative estimate of drug-likeness (QED) is 0.714. The molecule has 6 heteroatoms. The first-order valence-electron chi connectivity index (χ1n) is 10.4. The number of carbonyl (C=O) groups excluding carboxylic acids is 1. The molecule has 1 aliphatic rings. The van der Waals surface area contributed by atoms with Crippen molar-refractivity contribution < 1.29 is 13.2 Å². The zero-order valence-electron chi connectivity index (χ0n) is 17.2. The molecule has 0 bridgehead atoms. The topological polar surface area (TPSA) is 66.5 Å². The molecule has 1 atom stereocenters. The fraction of sp³-hybridized carbons (Fsp3) is 0.435. The van der Waals surface area contributed by atoms with Gasteiger partial charge in [-0.05, 0) is 54.5 Å². The number of aryl methyl sites for hydroxylation is 2. The number of sulfonamides is 1. The summed E-state index contributed by atoms with van der Waals surface area (Å²) in [6, 6.07) is 15.3. The lowest BCUT2D eigenvalue weighted by Gasteiger charge is -2.26. The molecule has 1 aliphatic carbocycles. The second kappa shape index (κ2) is 9.55. The molecule has 3 rings (SSSR count). The Labute approximate surface area is 174 Å². The molecule has 0 aliphatic heterocycles. The lowest BCUT2D eigenvalue weighted by molar-refractivity contribution is -0.121. The lowest BCUT2D eigenvalue weighted by atomic mass is 9.87. The predicted molar refractivity (Wildman–Crippen MR) is 115 cm³/mol. The van der Waals surface area contributed by atoms with Crippen LogP contribution in [0.4, 0.5) is 0 Å². The van der Waals surface area contributed by atoms with Crippen molar-refractivity contribution in [3.05, 3.63) is 65.2 Å². The zero-order valence-corrected chi connectivity index (χ0v) is 18.0. The van der Waals surface area contributed by atoms with Crippen molar-refractivity contribution in [3.8, 4) is 0 Å². The van der Waals surface area contributed by atoms with Crippen molar-refractivity contribution in [3.63, 3.8) is 0 Å². The van der Waals surface area contributed by atoms with E-state index in [0.717, 1.165) is 24.8 Å². The van der Waals surface area contributed by atoms with E-state index in [0.29, 0.717) is 30.8 Å². The molecule has 1 amide bonds. The van der Waals surface area contributed by atoms with Crippen LogP contribution < -0.4 is 5.32 Å². The average Bonchev–Trinajstić information content (AvgIpc) is 2.73. The third-order valence-corrected chi connectivity index (χ3v) is 7.68. The van der Waals surface area contributed by atoms with E-state index in [4.69, 9.17) is 0 Å². The number of nitrogens with one attached hydrogen (secondary N) is 1. The van der Waals surface area contributed by atoms with Crippen LogP contribution in [0.2, 0.25) is 0 Å². The monoisotopic (exact) mass is 414 g/mol. The van der Waals surface area contributed by atoms with Crippen LogP contribution >= 0.6 is 0 Å². The maximum absolute atomic E-state index is 12.6. The number of carbonyl (C=O) groups is 1. The second-order valence-corrected chi connectivity index (χ2v) is 9.38. The van der Waals surface area contributed by atoms with Gasteiger partial charge < -0.3 is 5.32 Å². The molecule has 156 valence electrons. The van der Waals surface area contributed by atoms with Gasteiger partial charge in [0.1, 0.15) is 0 Å². The van der Waals surface area contributed by atoms with Crippen molar-refractivity contribution >= 4 is 15.9 Å². The first-order valence-corrected chi connectivity index (χ1v) is 11.9. The number of amides is 1. The summed E-state index contributed by atoms with van der Waals surface area (Å²) in [6.45, 7) is 4.56. The van der Waals surface area contributed by atoms with E-state index in [1.54, 1.807) is 24.3 Å². The van der Waals surface area contributed by atoms with E-state index in [1.807, 2.05) is 26.0 Å². The van der Waals surface area contributed by atoms with Gasteiger partial charge in [0.05, 0.1) is 10.9 Å². The molecule has 29 heavy (non-hydrogen) atoms. The summed E-state index contributed by atoms with van der Waals surface area (Å²) >= 11 is 0. The maximum Gasteiger partial charge on any atom is 0.243 e. The molecule has 0 heterocycles. The Balaban J connectivity index is 1.58. The van der Waals surface area contributed by atoms with Crippen LogP contribution in [0.25, 0.3) is 0 Å². The van der Waals surface area contributed by atoms with Crippen LogP contribution in [0.1, 0.15) is 55.8 Å². The van der Waals surface area contributed by atoms with Gasteiger partial charge in [0.25, 0.3) is 0 Å². The minimum atomic E-state index is -3.44. The van der Waals surface area contributed by atoms with Gasteiger partial charge in [-0.15, -0.1) is 0 Å². The third kappa shape index (κ3) is 5.06. The van der Waals surface area contributed by atoms with E-state index < -0.39 is 10.0 Å². The standard InChI is InChI=1S/C23H30N2O3S/c1-3-25(4-2)29(27,28)20-15-12-18(13-16-20)14-17-23(26)24-22-11-7-9-19-8-5-6-10-21(19)22/h5-6,8,10,12-13,15-16,22H,3-4,7,9,11,14,17H2,1-2H3,(H,24,26). The summed E-state index contributed by atoms with van der Waals surface area (Å²) in [5.74, 6) is 0.0338. The normalized spacial score (nSPS) is 16.4. The summed E-state index contributed by atoms with van der Waals surface area (Å²) in [5, 5.41) is 3.17. The third-order valence-electron chi connectivity index (χ3n) is 5.61. The smallest absolute Gasteiger partial charge is 0.243 e. The first-order chi connectivity index (χ1) is 14.0. The number of hydrogen-bond acceptors (Lipinski definition) is 3. The number of nitrogens with zero attached hydrogens (tertiary/aromatic N) is 1. The molecule has 0 saturated heterocycles. The Morgan fingerprint density at radius 2 is 1.76 bits per heavy atom. The van der Waals surface area contributed by atoms with Gasteiger partial charge in [-0.2, -0.15) is 4.31 Å². The zero-order chi connectivity index (χ0) is 20.9. The highest BCUT2D eigenvalue weighted by molar-refractivity contribution is 7.89. The fourth-order valence-corrected chi connectivity index (χ4v) is 5.43. The van der Waals surface area contributed by atoms with Crippen molar-refractivity contribution in [2.45, 2.75) is 56.9 Å². The summed E-state index contributed by atoms with van der Waals surface area (Å²) in [7, 11) is -3.44. The van der Waals surface area contributed by atoms with Gasteiger partial charge in [-0.3, -0.25) is 4.79 Å². The van der Waals surface area contributed by atoms with Crippen LogP contribution in [0.3, 0.4) is 0 Å². The molecule has 1 unspecified atom stereocenters. The van der Waals surface area contributed by atoms with Crippen LogP contribution in [0.5, 0.6) is 0 Å². The summed E-state index contributed by atoms with van der Waals surface area (Å²) in [5.41, 5.74) is 3.52. The SMILES string of the molecule is CCN(CC)S(=O)(=O)c1ccc(CCC(=O)NC2CCCc3ccccc32)cc1. The molecular weight excluding hydrogens is 384 g/mol. The van der Waals surface area contributed by atoms with Crippen molar-refractivity contribution in [1.82, 2.24) is 9.62 Å². The fourth-order valence-electron chi connectivity index (χ4n) is 3.97. The molecule has 1 N–H and O–H groups in total. The Morgan fingerprint density at radius 1 is 1.07 bits per heavy atom. The first kappa shape index (κ1) is 21.5. The van der Waals surface area contributed by atoms with Crippen LogP contribution in [0.15, 0.2) is 53.4 Å². The number of fused-ring (bicyclic) bond motifs is 1. The van der Waals surface area contributed by atoms with Gasteiger partial charge in [-0.25, -0.2) is 8.42 Å². The highest BCUT2D eigenvalue weighted by Crippen LogP contribution is 2.29. The van der Waals surface area contributed by atoms with Gasteiger partial charge in [0.15, 0.2) is 0 Å². The van der Waals surface area contributed by atoms with Gasteiger partial charge in [-0.1, -0.05) is 50.2 Å². The van der Waals surface area contributed by atoms with E-state index in [1.165, 1.54) is 15.4 Å². The Morgan fingerprint density at radius 3 is 2.45 bits per heavy atom. The largest absolute Gasteiger partial charge is 0.349 e. The highest BCUT2D eigenvalue weighted by atomic mass is 32.2. The molecule has 0 saturated carbocycles. The molecule has 0 spiro atoms. The van der Waals surface area contributed by atoms with Crippen molar-refractivity contribution in [1.29, 1.82) is 0 Å². The molecule has 0 aromatic heterocycles. The molecule has 5 nitrogen and oxygen atoms in total. The van der Waals surface area contributed by atoms with E-state index in [2.05, 4.69) is 17.4 Å². The minimum absolute atomic E-state index is 0.0338. The van der Waals surface area contributed by atoms with E-state index in [9.17, 15) is 13.2 Å². The number of benzene rings is 2. The van der Waals surface area contributed by atoms with Gasteiger partial charge in [0, 0.05) is 19.5 Å². The average molecular weight is 415 g/mol. The molecule has 2 aromatic rings. The molecule has 2 aromatic carbocycles. The molecular formula is C23H30N2O3S. The Bertz CT molecular complexity index is 935. The van der Waals surface area contributed by atoms with Crippen LogP contribution in [-0.4, -0.2) is 31.7 Å². The summed E-state index contributed by atoms with van der Waals surface area (Å²) in [6.07, 6.45) is 4.11. The van der Waals surface area contributed by atoms with E-state index in [-0.39, 0.29) is 11.9 Å². The second-order valence-electron chi connectivity index (χ2n) is 7.44. The maximum atomic E-state index is 12.6. The summed E-state index contributed by atoms with van der Waals surface area (Å²) < 4.78 is 26.6. The Kier molecular flexibility index (Phi) is 7.09. The minimum Gasteiger partial charge on any atom is -0.349 e. The van der Waals surface area contributed by atoms with Crippen molar-refractivity contribution in [2.24, 2.45) is 0 Å². The van der Waals surface area contributed by atoms with E-state index >= 15 is 0 Å². The molecule has 0 radical (unpaired) electrons. The number of hydrogen-bond donors (Lipinski definition) is 1. The Hall–Kier alpha value is -2.18. The lowest BCUT2D eigenvalue weighted by Crippen LogP contribution is -2.31. The predicted octanol–water partition coefficient (Wildman–Crippen LogP) is 3.84. The highest BCUT2D eigenvalue weighted by Gasteiger charge is 2.22. The summed E-state index contributed by atoms with van der Waals surface area (Å²) in [4.78, 5) is 12.8. The van der Waals surface area contributed by atoms with Crippen molar-refractivity contribution in [2.75, 3.05) is 13.1 Å². The van der Waals surface area contributed by atoms with Crippen LogP contribution in [-0.2, 0) is 27.7 Å².